The van der Waals surface area contributed by atoms with Crippen LogP contribution in [0.4, 0.5) is 0 Å². The monoisotopic (exact) mass is 375 g/mol. The van der Waals surface area contributed by atoms with E-state index in [0.717, 1.165) is 11.3 Å². The lowest BCUT2D eigenvalue weighted by Gasteiger charge is -2.20. The van der Waals surface area contributed by atoms with Gasteiger partial charge in [0.2, 0.25) is 6.04 Å². The molecule has 0 aliphatic rings. The molecule has 3 rings (SSSR count). The van der Waals surface area contributed by atoms with Crippen LogP contribution in [0.25, 0.3) is 5.69 Å². The van der Waals surface area contributed by atoms with Crippen molar-refractivity contribution < 1.29 is 4.92 Å². The van der Waals surface area contributed by atoms with Crippen molar-refractivity contribution in [1.29, 1.82) is 0 Å². The second-order valence-electron chi connectivity index (χ2n) is 6.25. The summed E-state index contributed by atoms with van der Waals surface area (Å²) >= 11 is 6.31. The third kappa shape index (κ3) is 3.03. The van der Waals surface area contributed by atoms with E-state index < -0.39 is 22.4 Å². The Kier molecular flexibility index (Phi) is 4.69. The van der Waals surface area contributed by atoms with Crippen molar-refractivity contribution in [2.45, 2.75) is 32.7 Å². The first-order valence-corrected chi connectivity index (χ1v) is 8.39. The van der Waals surface area contributed by atoms with Crippen LogP contribution in [0.2, 0.25) is 5.15 Å². The van der Waals surface area contributed by atoms with Crippen molar-refractivity contribution in [2.75, 3.05) is 0 Å². The predicted molar refractivity (Wildman–Crippen MR) is 97.8 cm³/mol. The molecule has 0 aliphatic carbocycles. The zero-order valence-electron chi connectivity index (χ0n) is 14.5. The number of benzene rings is 1. The number of nitrogens with one attached hydrogen (secondary N) is 2. The van der Waals surface area contributed by atoms with Crippen molar-refractivity contribution in [1.82, 2.24) is 19.7 Å². The molecule has 0 saturated carbocycles. The quantitative estimate of drug-likeness (QED) is 0.527. The molecule has 0 amide bonds. The van der Waals surface area contributed by atoms with E-state index in [1.165, 1.54) is 13.3 Å². The van der Waals surface area contributed by atoms with E-state index >= 15 is 0 Å². The van der Waals surface area contributed by atoms with Gasteiger partial charge in [0.25, 0.3) is 5.56 Å². The van der Waals surface area contributed by atoms with E-state index in [1.807, 2.05) is 31.2 Å². The number of hydrogen-bond acceptors (Lipinski definition) is 4. The Morgan fingerprint density at radius 1 is 1.23 bits per heavy atom. The fourth-order valence-corrected chi connectivity index (χ4v) is 3.34. The molecule has 136 valence electrons. The standard InChI is InChI=1S/C17H18ClN5O3/c1-9-4-6-12(7-5-9)22-8-19-16(18)15(22)14(11(3)23(25)26)13-10(2)20-21-17(13)24/h4-8,11,14H,1-3H3,(H2,20,21,24). The van der Waals surface area contributed by atoms with Gasteiger partial charge in [0.1, 0.15) is 12.2 Å². The Morgan fingerprint density at radius 2 is 1.88 bits per heavy atom. The average Bonchev–Trinajstić information content (AvgIpc) is 3.13. The van der Waals surface area contributed by atoms with Gasteiger partial charge in [-0.1, -0.05) is 29.3 Å². The summed E-state index contributed by atoms with van der Waals surface area (Å²) in [5.74, 6) is -0.865. The molecular formula is C17H18ClN5O3. The molecule has 2 atom stereocenters. The molecule has 0 bridgehead atoms. The van der Waals surface area contributed by atoms with Gasteiger partial charge in [-0.3, -0.25) is 20.0 Å². The maximum absolute atomic E-state index is 12.3. The van der Waals surface area contributed by atoms with Crippen LogP contribution >= 0.6 is 11.6 Å². The number of rotatable bonds is 5. The number of aromatic amines is 2. The van der Waals surface area contributed by atoms with Crippen LogP contribution in [-0.4, -0.2) is 30.7 Å². The lowest BCUT2D eigenvalue weighted by atomic mass is 9.89. The summed E-state index contributed by atoms with van der Waals surface area (Å²) in [6, 6.07) is 6.52. The van der Waals surface area contributed by atoms with Crippen LogP contribution in [0.1, 0.15) is 35.4 Å². The van der Waals surface area contributed by atoms with E-state index in [-0.39, 0.29) is 10.7 Å². The number of aryl methyl sites for hydroxylation is 2. The summed E-state index contributed by atoms with van der Waals surface area (Å²) in [4.78, 5) is 27.6. The van der Waals surface area contributed by atoms with Gasteiger partial charge in [0.15, 0.2) is 5.15 Å². The molecule has 0 spiro atoms. The average molecular weight is 376 g/mol. The summed E-state index contributed by atoms with van der Waals surface area (Å²) in [7, 11) is 0. The highest BCUT2D eigenvalue weighted by Gasteiger charge is 2.38. The summed E-state index contributed by atoms with van der Waals surface area (Å²) in [5, 5.41) is 16.9. The maximum atomic E-state index is 12.3. The van der Waals surface area contributed by atoms with E-state index in [2.05, 4.69) is 15.2 Å². The Balaban J connectivity index is 2.26. The Morgan fingerprint density at radius 3 is 2.42 bits per heavy atom. The molecule has 2 N–H and O–H groups in total. The number of imidazole rings is 1. The summed E-state index contributed by atoms with van der Waals surface area (Å²) in [6.45, 7) is 5.11. The molecule has 2 unspecified atom stereocenters. The molecule has 0 radical (unpaired) electrons. The predicted octanol–water partition coefficient (Wildman–Crippen LogP) is 2.96. The molecule has 0 saturated heterocycles. The third-order valence-electron chi connectivity index (χ3n) is 4.50. The van der Waals surface area contributed by atoms with Gasteiger partial charge >= 0.3 is 0 Å². The minimum Gasteiger partial charge on any atom is -0.302 e. The number of H-pyrrole nitrogens is 2. The van der Waals surface area contributed by atoms with Crippen LogP contribution in [0.3, 0.4) is 0 Å². The number of hydrogen-bond donors (Lipinski definition) is 2. The number of halogens is 1. The van der Waals surface area contributed by atoms with Crippen LogP contribution in [0, 0.1) is 24.0 Å². The first-order valence-electron chi connectivity index (χ1n) is 8.01. The number of aromatic nitrogens is 4. The highest BCUT2D eigenvalue weighted by molar-refractivity contribution is 6.30. The van der Waals surface area contributed by atoms with Crippen molar-refractivity contribution in [3.63, 3.8) is 0 Å². The third-order valence-corrected chi connectivity index (χ3v) is 4.79. The minimum atomic E-state index is -1.08. The second kappa shape index (κ2) is 6.80. The zero-order chi connectivity index (χ0) is 19.0. The number of nitrogens with zero attached hydrogens (tertiary/aromatic N) is 3. The van der Waals surface area contributed by atoms with Crippen molar-refractivity contribution in [2.24, 2.45) is 0 Å². The fraction of sp³-hybridized carbons (Fsp3) is 0.294. The summed E-state index contributed by atoms with van der Waals surface area (Å²) in [5.41, 5.74) is 2.65. The molecule has 1 aromatic carbocycles. The highest BCUT2D eigenvalue weighted by atomic mass is 35.5. The topological polar surface area (TPSA) is 110 Å². The fourth-order valence-electron chi connectivity index (χ4n) is 3.08. The second-order valence-corrected chi connectivity index (χ2v) is 6.61. The largest absolute Gasteiger partial charge is 0.302 e. The van der Waals surface area contributed by atoms with Gasteiger partial charge < -0.3 is 9.67 Å². The van der Waals surface area contributed by atoms with Gasteiger partial charge in [-0.05, 0) is 26.0 Å². The molecule has 8 nitrogen and oxygen atoms in total. The van der Waals surface area contributed by atoms with Gasteiger partial charge in [-0.2, -0.15) is 0 Å². The summed E-state index contributed by atoms with van der Waals surface area (Å²) < 4.78 is 1.69. The van der Waals surface area contributed by atoms with Gasteiger partial charge in [0.05, 0.1) is 11.3 Å². The molecule has 2 aromatic heterocycles. The van der Waals surface area contributed by atoms with Crippen molar-refractivity contribution in [3.05, 3.63) is 78.7 Å². The molecular weight excluding hydrogens is 358 g/mol. The van der Waals surface area contributed by atoms with Crippen LogP contribution in [-0.2, 0) is 0 Å². The van der Waals surface area contributed by atoms with E-state index in [0.29, 0.717) is 11.4 Å². The van der Waals surface area contributed by atoms with Crippen molar-refractivity contribution >= 4 is 11.6 Å². The van der Waals surface area contributed by atoms with Gasteiger partial charge in [0, 0.05) is 23.2 Å². The first kappa shape index (κ1) is 17.9. The Bertz CT molecular complexity index is 1000. The Hall–Kier alpha value is -2.87. The first-order chi connectivity index (χ1) is 12.3. The Labute approximate surface area is 154 Å². The number of nitro groups is 1. The zero-order valence-corrected chi connectivity index (χ0v) is 15.2. The van der Waals surface area contributed by atoms with Gasteiger partial charge in [-0.15, -0.1) is 0 Å². The molecule has 0 aliphatic heterocycles. The normalized spacial score (nSPS) is 13.5. The molecule has 0 fully saturated rings. The van der Waals surface area contributed by atoms with Crippen molar-refractivity contribution in [3.8, 4) is 5.69 Å². The van der Waals surface area contributed by atoms with E-state index in [4.69, 9.17) is 11.6 Å². The SMILES string of the molecule is Cc1ccc(-n2cnc(Cl)c2C(c2c(C)[nH][nH]c2=O)C(C)[N+](=O)[O-])cc1. The van der Waals surface area contributed by atoms with Crippen LogP contribution in [0.15, 0.2) is 35.4 Å². The van der Waals surface area contributed by atoms with E-state index in [9.17, 15) is 14.9 Å². The maximum Gasteiger partial charge on any atom is 0.268 e. The highest BCUT2D eigenvalue weighted by Crippen LogP contribution is 2.34. The molecule has 2 heterocycles. The van der Waals surface area contributed by atoms with Gasteiger partial charge in [-0.25, -0.2) is 4.98 Å². The minimum absolute atomic E-state index is 0.129. The van der Waals surface area contributed by atoms with E-state index in [1.54, 1.807) is 11.5 Å². The lowest BCUT2D eigenvalue weighted by molar-refractivity contribution is -0.520. The molecule has 3 aromatic rings. The van der Waals surface area contributed by atoms with Crippen LogP contribution < -0.4 is 5.56 Å². The molecule has 26 heavy (non-hydrogen) atoms. The smallest absolute Gasteiger partial charge is 0.268 e. The molecule has 9 heteroatoms. The van der Waals surface area contributed by atoms with Crippen LogP contribution in [0.5, 0.6) is 0 Å². The lowest BCUT2D eigenvalue weighted by Crippen LogP contribution is -2.30. The summed E-state index contributed by atoms with van der Waals surface area (Å²) in [6.07, 6.45) is 1.51.